The Kier molecular flexibility index (Phi) is 2.98. The summed E-state index contributed by atoms with van der Waals surface area (Å²) in [6.07, 6.45) is 3.59. The van der Waals surface area contributed by atoms with E-state index in [4.69, 9.17) is 0 Å². The summed E-state index contributed by atoms with van der Waals surface area (Å²) in [6.45, 7) is 0.836. The van der Waals surface area contributed by atoms with Crippen LogP contribution in [0.3, 0.4) is 0 Å². The molecule has 0 bridgehead atoms. The molecule has 2 aromatic heterocycles. The molecule has 1 fully saturated rings. The molecule has 0 spiro atoms. The fourth-order valence-electron chi connectivity index (χ4n) is 2.67. The molecule has 1 atom stereocenters. The second-order valence-corrected chi connectivity index (χ2v) is 5.61. The first-order valence-corrected chi connectivity index (χ1v) is 7.02. The van der Waals surface area contributed by atoms with Crippen molar-refractivity contribution in [1.29, 1.82) is 0 Å². The molecule has 2 aromatic rings. The van der Waals surface area contributed by atoms with Gasteiger partial charge in [-0.2, -0.15) is 0 Å². The van der Waals surface area contributed by atoms with Gasteiger partial charge in [0.1, 0.15) is 0 Å². The Bertz CT molecular complexity index is 593. The van der Waals surface area contributed by atoms with Crippen LogP contribution >= 0.6 is 11.3 Å². The predicted molar refractivity (Wildman–Crippen MR) is 73.5 cm³/mol. The number of imidazole rings is 1. The molecule has 3 heterocycles. The van der Waals surface area contributed by atoms with Gasteiger partial charge in [-0.25, -0.2) is 0 Å². The van der Waals surface area contributed by atoms with Gasteiger partial charge in [-0.05, 0) is 34.2 Å². The van der Waals surface area contributed by atoms with Gasteiger partial charge in [-0.15, -0.1) is 11.3 Å². The van der Waals surface area contributed by atoms with Crippen molar-refractivity contribution in [2.75, 3.05) is 11.4 Å². The summed E-state index contributed by atoms with van der Waals surface area (Å²) >= 11 is 1.70. The second-order valence-electron chi connectivity index (χ2n) is 4.63. The summed E-state index contributed by atoms with van der Waals surface area (Å²) in [6, 6.07) is 4.35. The number of rotatable bonds is 3. The first-order valence-electron chi connectivity index (χ1n) is 6.14. The molecule has 0 aliphatic carbocycles. The van der Waals surface area contributed by atoms with Crippen molar-refractivity contribution in [1.82, 2.24) is 9.55 Å². The van der Waals surface area contributed by atoms with Gasteiger partial charge in [0.15, 0.2) is 0 Å². The molecule has 3 rings (SSSR count). The number of nitro groups is 1. The molecule has 0 radical (unpaired) electrons. The minimum absolute atomic E-state index is 0.0500. The Morgan fingerprint density at radius 2 is 2.42 bits per heavy atom. The molecule has 1 aliphatic rings. The van der Waals surface area contributed by atoms with E-state index in [0.29, 0.717) is 5.82 Å². The highest BCUT2D eigenvalue weighted by atomic mass is 32.1. The lowest BCUT2D eigenvalue weighted by Gasteiger charge is -2.24. The van der Waals surface area contributed by atoms with Crippen LogP contribution in [-0.2, 0) is 7.05 Å². The maximum absolute atomic E-state index is 11.1. The number of hydrogen-bond acceptors (Lipinski definition) is 5. The lowest BCUT2D eigenvalue weighted by atomic mass is 10.2. The number of aromatic nitrogens is 2. The Morgan fingerprint density at radius 1 is 1.58 bits per heavy atom. The van der Waals surface area contributed by atoms with Gasteiger partial charge in [0.25, 0.3) is 0 Å². The summed E-state index contributed by atoms with van der Waals surface area (Å²) in [4.78, 5) is 18.0. The lowest BCUT2D eigenvalue weighted by Crippen LogP contribution is -2.24. The van der Waals surface area contributed by atoms with Crippen molar-refractivity contribution in [3.63, 3.8) is 0 Å². The smallest absolute Gasteiger partial charge is 0.358 e. The second kappa shape index (κ2) is 4.65. The zero-order chi connectivity index (χ0) is 13.4. The summed E-state index contributed by atoms with van der Waals surface area (Å²) in [5.41, 5.74) is 0. The van der Waals surface area contributed by atoms with E-state index in [9.17, 15) is 10.1 Å². The summed E-state index contributed by atoms with van der Waals surface area (Å²) in [5, 5.41) is 13.1. The SMILES string of the molecule is Cn1cnc([N+](=O)[O-])c1N1CCC[C@@H]1c1cccs1. The molecule has 0 aromatic carbocycles. The Balaban J connectivity index is 2.01. The number of hydrogen-bond donors (Lipinski definition) is 0. The van der Waals surface area contributed by atoms with E-state index in [2.05, 4.69) is 16.0 Å². The van der Waals surface area contributed by atoms with E-state index in [0.717, 1.165) is 19.4 Å². The van der Waals surface area contributed by atoms with E-state index in [1.54, 1.807) is 23.0 Å². The monoisotopic (exact) mass is 278 g/mol. The van der Waals surface area contributed by atoms with Gasteiger partial charge in [0.05, 0.1) is 6.04 Å². The fraction of sp³-hybridized carbons (Fsp3) is 0.417. The van der Waals surface area contributed by atoms with Crippen LogP contribution in [0.1, 0.15) is 23.8 Å². The minimum Gasteiger partial charge on any atom is -0.358 e. The molecule has 1 saturated heterocycles. The van der Waals surface area contributed by atoms with E-state index in [-0.39, 0.29) is 11.9 Å². The average molecular weight is 278 g/mol. The van der Waals surface area contributed by atoms with Crippen LogP contribution in [0.2, 0.25) is 0 Å². The molecule has 0 saturated carbocycles. The van der Waals surface area contributed by atoms with Crippen LogP contribution < -0.4 is 4.90 Å². The zero-order valence-electron chi connectivity index (χ0n) is 10.5. The normalized spacial score (nSPS) is 19.0. The van der Waals surface area contributed by atoms with Crippen molar-refractivity contribution >= 4 is 23.0 Å². The van der Waals surface area contributed by atoms with Crippen LogP contribution in [0, 0.1) is 10.1 Å². The van der Waals surface area contributed by atoms with E-state index in [1.165, 1.54) is 11.2 Å². The molecule has 100 valence electrons. The lowest BCUT2D eigenvalue weighted by molar-refractivity contribution is -0.388. The molecular formula is C12H14N4O2S. The van der Waals surface area contributed by atoms with Gasteiger partial charge in [0.2, 0.25) is 12.1 Å². The highest BCUT2D eigenvalue weighted by Crippen LogP contribution is 2.40. The van der Waals surface area contributed by atoms with E-state index in [1.807, 2.05) is 11.4 Å². The molecule has 7 heteroatoms. The van der Waals surface area contributed by atoms with Crippen LogP contribution in [0.5, 0.6) is 0 Å². The Labute approximate surface area is 114 Å². The standard InChI is InChI=1S/C12H14N4O2S/c1-14-8-13-11(16(17)18)12(14)15-6-2-4-9(15)10-5-3-7-19-10/h3,5,7-9H,2,4,6H2,1H3/t9-/m1/s1. The first-order chi connectivity index (χ1) is 9.18. The maximum atomic E-state index is 11.1. The summed E-state index contributed by atoms with van der Waals surface area (Å²) < 4.78 is 1.74. The highest BCUT2D eigenvalue weighted by molar-refractivity contribution is 7.10. The van der Waals surface area contributed by atoms with Crippen molar-refractivity contribution in [2.24, 2.45) is 7.05 Å². The van der Waals surface area contributed by atoms with Crippen molar-refractivity contribution in [2.45, 2.75) is 18.9 Å². The van der Waals surface area contributed by atoms with Gasteiger partial charge < -0.3 is 15.0 Å². The Hall–Kier alpha value is -1.89. The molecule has 0 N–H and O–H groups in total. The molecule has 1 aliphatic heterocycles. The van der Waals surface area contributed by atoms with Crippen molar-refractivity contribution in [3.8, 4) is 0 Å². The van der Waals surface area contributed by atoms with Gasteiger partial charge >= 0.3 is 5.82 Å². The van der Waals surface area contributed by atoms with Gasteiger partial charge in [-0.1, -0.05) is 6.07 Å². The third kappa shape index (κ3) is 1.99. The van der Waals surface area contributed by atoms with E-state index < -0.39 is 4.92 Å². The van der Waals surface area contributed by atoms with Crippen LogP contribution in [-0.4, -0.2) is 21.0 Å². The minimum atomic E-state index is -0.404. The summed E-state index contributed by atoms with van der Waals surface area (Å²) in [7, 11) is 1.80. The molecule has 6 nitrogen and oxygen atoms in total. The molecular weight excluding hydrogens is 264 g/mol. The third-order valence-corrected chi connectivity index (χ3v) is 4.43. The molecule has 0 amide bonds. The van der Waals surface area contributed by atoms with Crippen LogP contribution in [0.4, 0.5) is 11.6 Å². The average Bonchev–Trinajstić information content (AvgIpc) is 3.06. The predicted octanol–water partition coefficient (Wildman–Crippen LogP) is 2.73. The van der Waals surface area contributed by atoms with Crippen molar-refractivity contribution < 1.29 is 4.92 Å². The largest absolute Gasteiger partial charge is 0.406 e. The summed E-state index contributed by atoms with van der Waals surface area (Å²) in [5.74, 6) is 0.562. The zero-order valence-corrected chi connectivity index (χ0v) is 11.3. The molecule has 0 unspecified atom stereocenters. The maximum Gasteiger partial charge on any atom is 0.406 e. The third-order valence-electron chi connectivity index (χ3n) is 3.46. The van der Waals surface area contributed by atoms with Gasteiger partial charge in [0, 0.05) is 18.5 Å². The van der Waals surface area contributed by atoms with Gasteiger partial charge in [-0.3, -0.25) is 4.57 Å². The fourth-order valence-corrected chi connectivity index (χ4v) is 3.54. The van der Waals surface area contributed by atoms with Crippen LogP contribution in [0.25, 0.3) is 0 Å². The van der Waals surface area contributed by atoms with Crippen LogP contribution in [0.15, 0.2) is 23.8 Å². The number of thiophene rings is 1. The number of nitrogens with zero attached hydrogens (tertiary/aromatic N) is 4. The van der Waals surface area contributed by atoms with E-state index >= 15 is 0 Å². The highest BCUT2D eigenvalue weighted by Gasteiger charge is 2.34. The quantitative estimate of drug-likeness (QED) is 0.639. The van der Waals surface area contributed by atoms with Crippen molar-refractivity contribution in [3.05, 3.63) is 38.8 Å². The number of anilines is 1. The molecule has 19 heavy (non-hydrogen) atoms. The first kappa shape index (κ1) is 12.2. The topological polar surface area (TPSA) is 64.2 Å². The number of aryl methyl sites for hydroxylation is 1. The Morgan fingerprint density at radius 3 is 3.11 bits per heavy atom.